The quantitative estimate of drug-likeness (QED) is 0.530. The van der Waals surface area contributed by atoms with Gasteiger partial charge in [-0.2, -0.15) is 0 Å². The molecule has 0 bridgehead atoms. The molecule has 0 amide bonds. The zero-order chi connectivity index (χ0) is 20.6. The number of nitrogens with one attached hydrogen (secondary N) is 1. The van der Waals surface area contributed by atoms with Crippen LogP contribution in [0.2, 0.25) is 5.15 Å². The summed E-state index contributed by atoms with van der Waals surface area (Å²) in [5.41, 5.74) is 2.70. The Labute approximate surface area is 174 Å². The lowest BCUT2D eigenvalue weighted by Gasteiger charge is -2.36. The highest BCUT2D eigenvalue weighted by atomic mass is 35.5. The summed E-state index contributed by atoms with van der Waals surface area (Å²) in [5.74, 6) is 0.251. The second-order valence-electron chi connectivity index (χ2n) is 8.05. The Kier molecular flexibility index (Phi) is 5.32. The van der Waals surface area contributed by atoms with E-state index in [0.29, 0.717) is 28.7 Å². The van der Waals surface area contributed by atoms with Crippen molar-refractivity contribution < 1.29 is 9.13 Å². The molecule has 1 aliphatic rings. The maximum absolute atomic E-state index is 13.4. The van der Waals surface area contributed by atoms with Crippen LogP contribution in [-0.2, 0) is 4.74 Å². The van der Waals surface area contributed by atoms with Gasteiger partial charge in [-0.15, -0.1) is 0 Å². The number of benzene rings is 1. The molecular weight excluding hydrogens is 391 g/mol. The lowest BCUT2D eigenvalue weighted by atomic mass is 9.93. The first-order chi connectivity index (χ1) is 13.8. The van der Waals surface area contributed by atoms with Crippen molar-refractivity contribution in [3.63, 3.8) is 0 Å². The molecule has 0 spiro atoms. The fourth-order valence-corrected chi connectivity index (χ4v) is 3.95. The predicted molar refractivity (Wildman–Crippen MR) is 114 cm³/mol. The Balaban J connectivity index is 1.63. The molecule has 3 aromatic rings. The lowest BCUT2D eigenvalue weighted by molar-refractivity contribution is -0.105. The summed E-state index contributed by atoms with van der Waals surface area (Å²) in [6, 6.07) is 9.68. The van der Waals surface area contributed by atoms with E-state index in [0.717, 1.165) is 30.6 Å². The van der Waals surface area contributed by atoms with Crippen molar-refractivity contribution >= 4 is 28.7 Å². The summed E-state index contributed by atoms with van der Waals surface area (Å²) in [7, 11) is 0. The number of nitrogens with zero attached hydrogens (tertiary/aromatic N) is 3. The maximum Gasteiger partial charge on any atom is 0.214 e. The van der Waals surface area contributed by atoms with Gasteiger partial charge in [-0.05, 0) is 69.5 Å². The standard InChI is InChI=1S/C22H24ClFN4O/c1-14(13-17-5-4-12-22(2,3)29-17)25-21-26-18-10-11-19(23)27-20(18)28(21)16-8-6-15(24)7-9-16/h6-11,17H,1,4-5,12-13H2,2-3H3,(H,25,26)/t17-/m1/s1. The molecule has 152 valence electrons. The molecule has 29 heavy (non-hydrogen) atoms. The molecule has 7 heteroatoms. The van der Waals surface area contributed by atoms with E-state index in [-0.39, 0.29) is 17.5 Å². The molecule has 1 saturated heterocycles. The third-order valence-electron chi connectivity index (χ3n) is 5.11. The number of ether oxygens (including phenoxy) is 1. The number of aromatic nitrogens is 3. The van der Waals surface area contributed by atoms with Crippen LogP contribution in [0, 0.1) is 5.82 Å². The van der Waals surface area contributed by atoms with Gasteiger partial charge in [0, 0.05) is 12.1 Å². The van der Waals surface area contributed by atoms with Crippen LogP contribution in [0.4, 0.5) is 10.3 Å². The van der Waals surface area contributed by atoms with E-state index in [9.17, 15) is 4.39 Å². The average molecular weight is 415 g/mol. The Morgan fingerprint density at radius 3 is 2.76 bits per heavy atom. The molecule has 1 fully saturated rings. The van der Waals surface area contributed by atoms with Crippen LogP contribution >= 0.6 is 11.6 Å². The van der Waals surface area contributed by atoms with E-state index >= 15 is 0 Å². The average Bonchev–Trinajstić information content (AvgIpc) is 2.98. The van der Waals surface area contributed by atoms with Crippen LogP contribution in [0.15, 0.2) is 48.7 Å². The molecule has 0 unspecified atom stereocenters. The third kappa shape index (κ3) is 4.43. The topological polar surface area (TPSA) is 52.0 Å². The van der Waals surface area contributed by atoms with Gasteiger partial charge in [-0.25, -0.2) is 14.4 Å². The largest absolute Gasteiger partial charge is 0.372 e. The van der Waals surface area contributed by atoms with Gasteiger partial charge in [0.2, 0.25) is 5.95 Å². The van der Waals surface area contributed by atoms with Gasteiger partial charge in [-0.3, -0.25) is 4.57 Å². The Morgan fingerprint density at radius 2 is 2.03 bits per heavy atom. The van der Waals surface area contributed by atoms with Gasteiger partial charge < -0.3 is 10.1 Å². The van der Waals surface area contributed by atoms with Crippen molar-refractivity contribution in [2.45, 2.75) is 51.2 Å². The number of hydrogen-bond donors (Lipinski definition) is 1. The fraction of sp³-hybridized carbons (Fsp3) is 0.364. The zero-order valence-corrected chi connectivity index (χ0v) is 17.3. The van der Waals surface area contributed by atoms with Crippen molar-refractivity contribution in [2.24, 2.45) is 0 Å². The second kappa shape index (κ2) is 7.76. The minimum Gasteiger partial charge on any atom is -0.372 e. The SMILES string of the molecule is C=C(C[C@H]1CCCC(C)(C)O1)Nc1nc2ccc(Cl)nc2n1-c1ccc(F)cc1. The molecule has 1 atom stereocenters. The molecule has 1 aliphatic heterocycles. The highest BCUT2D eigenvalue weighted by Crippen LogP contribution is 2.31. The number of hydrogen-bond acceptors (Lipinski definition) is 4. The molecule has 0 aliphatic carbocycles. The molecule has 0 radical (unpaired) electrons. The number of pyridine rings is 1. The number of rotatable bonds is 5. The van der Waals surface area contributed by atoms with E-state index in [4.69, 9.17) is 16.3 Å². The fourth-order valence-electron chi connectivity index (χ4n) is 3.80. The van der Waals surface area contributed by atoms with Crippen LogP contribution < -0.4 is 5.32 Å². The number of halogens is 2. The van der Waals surface area contributed by atoms with E-state index < -0.39 is 0 Å². The van der Waals surface area contributed by atoms with E-state index in [1.165, 1.54) is 12.1 Å². The van der Waals surface area contributed by atoms with Crippen LogP contribution in [-0.4, -0.2) is 26.2 Å². The Hall–Kier alpha value is -2.44. The van der Waals surface area contributed by atoms with Gasteiger partial charge in [0.05, 0.1) is 17.4 Å². The summed E-state index contributed by atoms with van der Waals surface area (Å²) < 4.78 is 21.4. The Bertz CT molecular complexity index is 1040. The number of imidazole rings is 1. The van der Waals surface area contributed by atoms with Gasteiger partial charge in [-0.1, -0.05) is 18.2 Å². The van der Waals surface area contributed by atoms with Gasteiger partial charge in [0.25, 0.3) is 0 Å². The minimum absolute atomic E-state index is 0.106. The van der Waals surface area contributed by atoms with Crippen LogP contribution in [0.3, 0.4) is 0 Å². The normalized spacial score (nSPS) is 18.7. The highest BCUT2D eigenvalue weighted by Gasteiger charge is 2.29. The summed E-state index contributed by atoms with van der Waals surface area (Å²) in [4.78, 5) is 9.06. The smallest absolute Gasteiger partial charge is 0.214 e. The molecule has 2 aromatic heterocycles. The van der Waals surface area contributed by atoms with Gasteiger partial charge in [0.15, 0.2) is 5.65 Å². The predicted octanol–water partition coefficient (Wildman–Crippen LogP) is 5.88. The van der Waals surface area contributed by atoms with Crippen molar-refractivity contribution in [1.29, 1.82) is 0 Å². The van der Waals surface area contributed by atoms with E-state index in [2.05, 4.69) is 35.7 Å². The van der Waals surface area contributed by atoms with Crippen molar-refractivity contribution in [3.05, 3.63) is 59.6 Å². The molecule has 5 nitrogen and oxygen atoms in total. The van der Waals surface area contributed by atoms with Crippen molar-refractivity contribution in [1.82, 2.24) is 14.5 Å². The molecule has 4 rings (SSSR count). The van der Waals surface area contributed by atoms with Crippen LogP contribution in [0.5, 0.6) is 0 Å². The number of anilines is 1. The van der Waals surface area contributed by atoms with E-state index in [1.807, 2.05) is 10.6 Å². The van der Waals surface area contributed by atoms with Crippen LogP contribution in [0.1, 0.15) is 39.5 Å². The summed E-state index contributed by atoms with van der Waals surface area (Å²) >= 11 is 6.11. The molecular formula is C22H24ClFN4O. The van der Waals surface area contributed by atoms with E-state index in [1.54, 1.807) is 18.2 Å². The Morgan fingerprint density at radius 1 is 1.28 bits per heavy atom. The van der Waals surface area contributed by atoms with Crippen molar-refractivity contribution in [3.8, 4) is 5.69 Å². The highest BCUT2D eigenvalue weighted by molar-refractivity contribution is 6.29. The summed E-state index contributed by atoms with van der Waals surface area (Å²) in [5, 5.41) is 3.67. The van der Waals surface area contributed by atoms with Gasteiger partial charge in [0.1, 0.15) is 16.5 Å². The summed E-state index contributed by atoms with van der Waals surface area (Å²) in [6.45, 7) is 8.43. The first kappa shape index (κ1) is 19.9. The van der Waals surface area contributed by atoms with Crippen LogP contribution in [0.25, 0.3) is 16.9 Å². The monoisotopic (exact) mass is 414 g/mol. The minimum atomic E-state index is -0.305. The first-order valence-corrected chi connectivity index (χ1v) is 10.1. The summed E-state index contributed by atoms with van der Waals surface area (Å²) in [6.07, 6.45) is 4.02. The molecule has 1 aromatic carbocycles. The maximum atomic E-state index is 13.4. The first-order valence-electron chi connectivity index (χ1n) is 9.74. The lowest BCUT2D eigenvalue weighted by Crippen LogP contribution is -2.35. The van der Waals surface area contributed by atoms with Gasteiger partial charge >= 0.3 is 0 Å². The molecule has 1 N–H and O–H groups in total. The molecule has 0 saturated carbocycles. The number of fused-ring (bicyclic) bond motifs is 1. The second-order valence-corrected chi connectivity index (χ2v) is 8.44. The van der Waals surface area contributed by atoms with Crippen molar-refractivity contribution in [2.75, 3.05) is 5.32 Å². The zero-order valence-electron chi connectivity index (χ0n) is 16.6. The third-order valence-corrected chi connectivity index (χ3v) is 5.32. The molecule has 3 heterocycles.